The second-order valence-electron chi connectivity index (χ2n) is 7.39. The van der Waals surface area contributed by atoms with E-state index in [1.165, 1.54) is 24.6 Å². The van der Waals surface area contributed by atoms with Gasteiger partial charge in [-0.3, -0.25) is 19.5 Å². The van der Waals surface area contributed by atoms with Crippen molar-refractivity contribution in [3.63, 3.8) is 0 Å². The maximum absolute atomic E-state index is 12.8. The van der Waals surface area contributed by atoms with E-state index in [0.29, 0.717) is 24.3 Å². The first-order valence-electron chi connectivity index (χ1n) is 10.2. The van der Waals surface area contributed by atoms with Crippen molar-refractivity contribution < 1.29 is 9.66 Å². The van der Waals surface area contributed by atoms with E-state index in [1.807, 2.05) is 30.3 Å². The number of nitro groups is 1. The molecule has 2 heterocycles. The molecule has 0 aliphatic carbocycles. The topological polar surface area (TPSA) is 87.3 Å². The zero-order valence-corrected chi connectivity index (χ0v) is 16.8. The molecule has 1 aliphatic rings. The number of allylic oxidation sites excluding steroid dienone is 1. The molecule has 0 unspecified atom stereocenters. The summed E-state index contributed by atoms with van der Waals surface area (Å²) in [6, 6.07) is 12.1. The Hall–Kier alpha value is -3.48. The van der Waals surface area contributed by atoms with Gasteiger partial charge in [-0.25, -0.2) is 4.98 Å². The molecular formula is C23H23N3O4. The molecule has 0 fully saturated rings. The Morgan fingerprint density at radius 1 is 1.20 bits per heavy atom. The highest BCUT2D eigenvalue weighted by molar-refractivity contribution is 5.85. The van der Waals surface area contributed by atoms with E-state index < -0.39 is 4.92 Å². The standard InChI is InChI=1S/C23H23N3O4/c1-2-3-4-13-30-19-8-5-16(6-9-19)14-17-11-12-25-22(17)24-21-10-7-18(26(28)29)15-20(21)23(25)27/h5-10,14-15H,2-4,11-13H2,1H3/b17-14+. The summed E-state index contributed by atoms with van der Waals surface area (Å²) >= 11 is 0. The Balaban J connectivity index is 1.60. The predicted octanol–water partition coefficient (Wildman–Crippen LogP) is 4.82. The molecule has 0 atom stereocenters. The normalized spacial score (nSPS) is 14.2. The first-order valence-corrected chi connectivity index (χ1v) is 10.2. The number of rotatable bonds is 7. The monoisotopic (exact) mass is 405 g/mol. The van der Waals surface area contributed by atoms with E-state index in [4.69, 9.17) is 4.74 Å². The SMILES string of the molecule is CCCCCOc1ccc(/C=C2\CCn3c2nc2ccc([N+](=O)[O-])cc2c3=O)cc1. The molecule has 0 bridgehead atoms. The largest absolute Gasteiger partial charge is 0.494 e. The molecule has 2 aromatic carbocycles. The minimum atomic E-state index is -0.501. The van der Waals surface area contributed by atoms with Crippen molar-refractivity contribution in [2.24, 2.45) is 0 Å². The molecule has 0 saturated heterocycles. The average Bonchev–Trinajstić information content (AvgIpc) is 3.15. The fourth-order valence-electron chi connectivity index (χ4n) is 3.66. The van der Waals surface area contributed by atoms with E-state index in [2.05, 4.69) is 11.9 Å². The maximum Gasteiger partial charge on any atom is 0.270 e. The predicted molar refractivity (Wildman–Crippen MR) is 117 cm³/mol. The van der Waals surface area contributed by atoms with Crippen molar-refractivity contribution in [3.05, 3.63) is 74.3 Å². The van der Waals surface area contributed by atoms with Crippen LogP contribution < -0.4 is 10.3 Å². The summed E-state index contributed by atoms with van der Waals surface area (Å²) in [6.45, 7) is 3.41. The van der Waals surface area contributed by atoms with Crippen LogP contribution in [-0.2, 0) is 6.54 Å². The lowest BCUT2D eigenvalue weighted by Crippen LogP contribution is -2.20. The Kier molecular flexibility index (Phi) is 5.61. The number of unbranched alkanes of at least 4 members (excludes halogenated alkanes) is 2. The van der Waals surface area contributed by atoms with Gasteiger partial charge in [0.25, 0.3) is 11.2 Å². The Labute approximate surface area is 173 Å². The molecule has 0 N–H and O–H groups in total. The van der Waals surface area contributed by atoms with Crippen LogP contribution in [0.25, 0.3) is 22.6 Å². The summed E-state index contributed by atoms with van der Waals surface area (Å²) in [7, 11) is 0. The van der Waals surface area contributed by atoms with Gasteiger partial charge < -0.3 is 4.74 Å². The van der Waals surface area contributed by atoms with Gasteiger partial charge in [0.2, 0.25) is 0 Å². The van der Waals surface area contributed by atoms with Crippen LogP contribution in [0, 0.1) is 10.1 Å². The van der Waals surface area contributed by atoms with Crippen molar-refractivity contribution in [3.8, 4) is 5.75 Å². The molecule has 4 rings (SSSR count). The number of hydrogen-bond donors (Lipinski definition) is 0. The number of ether oxygens (including phenoxy) is 1. The summed E-state index contributed by atoms with van der Waals surface area (Å²) < 4.78 is 7.35. The summed E-state index contributed by atoms with van der Waals surface area (Å²) in [5, 5.41) is 11.3. The fraction of sp³-hybridized carbons (Fsp3) is 0.304. The van der Waals surface area contributed by atoms with Gasteiger partial charge in [0.1, 0.15) is 11.6 Å². The van der Waals surface area contributed by atoms with Crippen molar-refractivity contribution in [1.29, 1.82) is 0 Å². The van der Waals surface area contributed by atoms with Crippen LogP contribution in [0.15, 0.2) is 47.3 Å². The second kappa shape index (κ2) is 8.49. The lowest BCUT2D eigenvalue weighted by molar-refractivity contribution is -0.384. The molecule has 0 spiro atoms. The first kappa shape index (κ1) is 19.8. The van der Waals surface area contributed by atoms with E-state index in [9.17, 15) is 14.9 Å². The highest BCUT2D eigenvalue weighted by Crippen LogP contribution is 2.28. The van der Waals surface area contributed by atoms with Gasteiger partial charge in [-0.1, -0.05) is 31.9 Å². The molecule has 7 heteroatoms. The van der Waals surface area contributed by atoms with Gasteiger partial charge in [0.15, 0.2) is 0 Å². The summed E-state index contributed by atoms with van der Waals surface area (Å²) in [5.41, 5.74) is 2.12. The second-order valence-corrected chi connectivity index (χ2v) is 7.39. The minimum absolute atomic E-state index is 0.104. The quantitative estimate of drug-likeness (QED) is 0.320. The van der Waals surface area contributed by atoms with Crippen LogP contribution in [0.1, 0.15) is 44.0 Å². The third-order valence-electron chi connectivity index (χ3n) is 5.28. The van der Waals surface area contributed by atoms with Crippen molar-refractivity contribution in [2.75, 3.05) is 6.61 Å². The first-order chi connectivity index (χ1) is 14.6. The smallest absolute Gasteiger partial charge is 0.270 e. The average molecular weight is 405 g/mol. The lowest BCUT2D eigenvalue weighted by Gasteiger charge is -2.07. The molecule has 0 amide bonds. The van der Waals surface area contributed by atoms with E-state index in [0.717, 1.165) is 36.3 Å². The van der Waals surface area contributed by atoms with E-state index in [1.54, 1.807) is 4.57 Å². The van der Waals surface area contributed by atoms with Crippen molar-refractivity contribution in [1.82, 2.24) is 9.55 Å². The van der Waals surface area contributed by atoms with Crippen LogP contribution in [0.3, 0.4) is 0 Å². The summed E-state index contributed by atoms with van der Waals surface area (Å²) in [5.74, 6) is 1.48. The van der Waals surface area contributed by atoms with E-state index in [-0.39, 0.29) is 16.6 Å². The zero-order valence-electron chi connectivity index (χ0n) is 16.8. The molecule has 3 aromatic rings. The molecule has 1 aromatic heterocycles. The van der Waals surface area contributed by atoms with Gasteiger partial charge in [-0.2, -0.15) is 0 Å². The van der Waals surface area contributed by atoms with Gasteiger partial charge in [0.05, 0.1) is 22.4 Å². The van der Waals surface area contributed by atoms with Crippen LogP contribution >= 0.6 is 0 Å². The zero-order chi connectivity index (χ0) is 21.1. The van der Waals surface area contributed by atoms with Gasteiger partial charge in [-0.15, -0.1) is 0 Å². The van der Waals surface area contributed by atoms with Crippen LogP contribution in [0.5, 0.6) is 5.75 Å². The third kappa shape index (κ3) is 3.96. The summed E-state index contributed by atoms with van der Waals surface area (Å²) in [6.07, 6.45) is 6.11. The number of nitro benzene ring substituents is 1. The highest BCUT2D eigenvalue weighted by Gasteiger charge is 2.22. The number of hydrogen-bond acceptors (Lipinski definition) is 5. The Bertz CT molecular complexity index is 1180. The lowest BCUT2D eigenvalue weighted by atomic mass is 10.1. The van der Waals surface area contributed by atoms with Crippen molar-refractivity contribution >= 4 is 28.2 Å². The Morgan fingerprint density at radius 3 is 2.73 bits per heavy atom. The Morgan fingerprint density at radius 2 is 2.00 bits per heavy atom. The van der Waals surface area contributed by atoms with Gasteiger partial charge in [0, 0.05) is 18.7 Å². The number of aromatic nitrogens is 2. The number of non-ortho nitro benzene ring substituents is 1. The molecule has 1 aliphatic heterocycles. The van der Waals surface area contributed by atoms with Gasteiger partial charge >= 0.3 is 0 Å². The number of benzene rings is 2. The number of nitrogens with zero attached hydrogens (tertiary/aromatic N) is 3. The molecule has 0 saturated carbocycles. The molecule has 30 heavy (non-hydrogen) atoms. The van der Waals surface area contributed by atoms with Crippen LogP contribution in [0.4, 0.5) is 5.69 Å². The maximum atomic E-state index is 12.8. The van der Waals surface area contributed by atoms with Crippen LogP contribution in [-0.4, -0.2) is 21.1 Å². The third-order valence-corrected chi connectivity index (χ3v) is 5.28. The van der Waals surface area contributed by atoms with E-state index >= 15 is 0 Å². The molecule has 0 radical (unpaired) electrons. The number of fused-ring (bicyclic) bond motifs is 2. The van der Waals surface area contributed by atoms with Crippen molar-refractivity contribution in [2.45, 2.75) is 39.2 Å². The molecule has 154 valence electrons. The van der Waals surface area contributed by atoms with Crippen LogP contribution in [0.2, 0.25) is 0 Å². The minimum Gasteiger partial charge on any atom is -0.494 e. The fourth-order valence-corrected chi connectivity index (χ4v) is 3.66. The van der Waals surface area contributed by atoms with Gasteiger partial charge in [-0.05, 0) is 48.3 Å². The summed E-state index contributed by atoms with van der Waals surface area (Å²) in [4.78, 5) is 28.0. The highest BCUT2D eigenvalue weighted by atomic mass is 16.6. The molecular weight excluding hydrogens is 382 g/mol. The molecule has 7 nitrogen and oxygen atoms in total.